The first-order valence-electron chi connectivity index (χ1n) is 5.63. The highest BCUT2D eigenvalue weighted by molar-refractivity contribution is 5.74. The maximum atomic E-state index is 11.0. The molecule has 0 spiro atoms. The molecule has 0 fully saturated rings. The van der Waals surface area contributed by atoms with Gasteiger partial charge in [0.2, 0.25) is 5.91 Å². The summed E-state index contributed by atoms with van der Waals surface area (Å²) in [6.45, 7) is 3.42. The first-order chi connectivity index (χ1) is 8.74. The Balaban J connectivity index is 0. The van der Waals surface area contributed by atoms with Crippen LogP contribution in [-0.4, -0.2) is 53.5 Å². The van der Waals surface area contributed by atoms with E-state index in [2.05, 4.69) is 15.2 Å². The molecule has 0 aromatic rings. The second-order valence-electron chi connectivity index (χ2n) is 3.58. The SMILES string of the molecule is CC(N)=O.CCC(O)C(=O)OCC(CO)OC(C)=O. The largest absolute Gasteiger partial charge is 0.460 e. The summed E-state index contributed by atoms with van der Waals surface area (Å²) in [5.74, 6) is -1.69. The number of hydrogen-bond acceptors (Lipinski definition) is 7. The average molecular weight is 279 g/mol. The molecule has 0 radical (unpaired) electrons. The summed E-state index contributed by atoms with van der Waals surface area (Å²) in [5.41, 5.74) is 4.47. The Morgan fingerprint density at radius 3 is 2.05 bits per heavy atom. The summed E-state index contributed by atoms with van der Waals surface area (Å²) in [6, 6.07) is 0. The van der Waals surface area contributed by atoms with Gasteiger partial charge in [-0.05, 0) is 6.42 Å². The van der Waals surface area contributed by atoms with Crippen LogP contribution in [0.4, 0.5) is 0 Å². The molecule has 0 aliphatic heterocycles. The van der Waals surface area contributed by atoms with Crippen molar-refractivity contribution in [2.75, 3.05) is 13.2 Å². The van der Waals surface area contributed by atoms with Crippen molar-refractivity contribution in [2.45, 2.75) is 39.4 Å². The van der Waals surface area contributed by atoms with Gasteiger partial charge < -0.3 is 25.4 Å². The number of primary amides is 1. The third-order valence-corrected chi connectivity index (χ3v) is 1.61. The fourth-order valence-corrected chi connectivity index (χ4v) is 0.797. The van der Waals surface area contributed by atoms with Gasteiger partial charge in [-0.25, -0.2) is 4.79 Å². The van der Waals surface area contributed by atoms with E-state index in [1.807, 2.05) is 0 Å². The predicted octanol–water partition coefficient (Wildman–Crippen LogP) is -1.28. The third-order valence-electron chi connectivity index (χ3n) is 1.61. The highest BCUT2D eigenvalue weighted by atomic mass is 16.6. The summed E-state index contributed by atoms with van der Waals surface area (Å²) in [4.78, 5) is 30.7. The van der Waals surface area contributed by atoms with Crippen molar-refractivity contribution in [1.29, 1.82) is 0 Å². The lowest BCUT2D eigenvalue weighted by Gasteiger charge is -2.15. The van der Waals surface area contributed by atoms with Crippen LogP contribution in [-0.2, 0) is 23.9 Å². The molecule has 0 rings (SSSR count). The van der Waals surface area contributed by atoms with Gasteiger partial charge in [0.25, 0.3) is 0 Å². The van der Waals surface area contributed by atoms with Crippen molar-refractivity contribution in [3.63, 3.8) is 0 Å². The Morgan fingerprint density at radius 2 is 1.74 bits per heavy atom. The van der Waals surface area contributed by atoms with Gasteiger partial charge in [0, 0.05) is 13.8 Å². The maximum Gasteiger partial charge on any atom is 0.335 e. The van der Waals surface area contributed by atoms with Crippen molar-refractivity contribution in [3.8, 4) is 0 Å². The number of aliphatic hydroxyl groups is 2. The van der Waals surface area contributed by atoms with Crippen LogP contribution in [0.25, 0.3) is 0 Å². The van der Waals surface area contributed by atoms with E-state index in [0.29, 0.717) is 0 Å². The molecule has 112 valence electrons. The summed E-state index contributed by atoms with van der Waals surface area (Å²) < 4.78 is 9.24. The molecule has 0 aromatic carbocycles. The molecular weight excluding hydrogens is 258 g/mol. The molecule has 0 bridgehead atoms. The standard InChI is InChI=1S/C9H16O6.C2H5NO/c1-3-8(12)9(13)14-5-7(4-10)15-6(2)11;1-2(3)4/h7-8,10,12H,3-5H2,1-2H3;1H3,(H2,3,4). The molecular formula is C11H21NO7. The zero-order chi connectivity index (χ0) is 15.4. The first-order valence-corrected chi connectivity index (χ1v) is 5.63. The fourth-order valence-electron chi connectivity index (χ4n) is 0.797. The second-order valence-corrected chi connectivity index (χ2v) is 3.58. The highest BCUT2D eigenvalue weighted by Gasteiger charge is 2.18. The van der Waals surface area contributed by atoms with Gasteiger partial charge in [0.1, 0.15) is 6.61 Å². The van der Waals surface area contributed by atoms with Gasteiger partial charge >= 0.3 is 11.9 Å². The van der Waals surface area contributed by atoms with Crippen LogP contribution < -0.4 is 5.73 Å². The molecule has 0 aliphatic rings. The minimum absolute atomic E-state index is 0.246. The number of esters is 2. The Hall–Kier alpha value is -1.67. The molecule has 0 aliphatic carbocycles. The van der Waals surface area contributed by atoms with Crippen LogP contribution in [0.5, 0.6) is 0 Å². The molecule has 0 aromatic heterocycles. The van der Waals surface area contributed by atoms with E-state index in [-0.39, 0.29) is 18.9 Å². The van der Waals surface area contributed by atoms with Gasteiger partial charge in [-0.15, -0.1) is 0 Å². The quantitative estimate of drug-likeness (QED) is 0.515. The predicted molar refractivity (Wildman–Crippen MR) is 64.8 cm³/mol. The Labute approximate surface area is 111 Å². The summed E-state index contributed by atoms with van der Waals surface area (Å²) in [6.07, 6.45) is -1.81. The van der Waals surface area contributed by atoms with Crippen LogP contribution in [0, 0.1) is 0 Å². The van der Waals surface area contributed by atoms with Crippen LogP contribution in [0.1, 0.15) is 27.2 Å². The normalized spacial score (nSPS) is 12.5. The smallest absolute Gasteiger partial charge is 0.335 e. The summed E-state index contributed by atoms with van der Waals surface area (Å²) >= 11 is 0. The van der Waals surface area contributed by atoms with E-state index >= 15 is 0 Å². The molecule has 2 atom stereocenters. The monoisotopic (exact) mass is 279 g/mol. The number of amides is 1. The van der Waals surface area contributed by atoms with Crippen LogP contribution in [0.3, 0.4) is 0 Å². The zero-order valence-electron chi connectivity index (χ0n) is 11.3. The first kappa shape index (κ1) is 19.7. The summed E-state index contributed by atoms with van der Waals surface area (Å²) in [5, 5.41) is 17.8. The van der Waals surface area contributed by atoms with Crippen LogP contribution in [0.2, 0.25) is 0 Å². The molecule has 0 saturated heterocycles. The number of nitrogens with two attached hydrogens (primary N) is 1. The van der Waals surface area contributed by atoms with E-state index in [1.54, 1.807) is 6.92 Å². The van der Waals surface area contributed by atoms with Crippen molar-refractivity contribution in [2.24, 2.45) is 5.73 Å². The zero-order valence-corrected chi connectivity index (χ0v) is 11.3. The molecule has 4 N–H and O–H groups in total. The van der Waals surface area contributed by atoms with Gasteiger partial charge in [0.05, 0.1) is 6.61 Å². The number of rotatable bonds is 6. The fraction of sp³-hybridized carbons (Fsp3) is 0.727. The van der Waals surface area contributed by atoms with Gasteiger partial charge in [0.15, 0.2) is 12.2 Å². The lowest BCUT2D eigenvalue weighted by molar-refractivity contribution is -0.165. The van der Waals surface area contributed by atoms with E-state index in [4.69, 9.17) is 10.2 Å². The van der Waals surface area contributed by atoms with Gasteiger partial charge in [-0.1, -0.05) is 6.92 Å². The molecule has 1 amide bonds. The number of carbonyl (C=O) groups is 3. The lowest BCUT2D eigenvalue weighted by Crippen LogP contribution is -2.31. The lowest BCUT2D eigenvalue weighted by atomic mass is 10.3. The van der Waals surface area contributed by atoms with E-state index < -0.39 is 30.8 Å². The van der Waals surface area contributed by atoms with Crippen LogP contribution in [0.15, 0.2) is 0 Å². The molecule has 2 unspecified atom stereocenters. The van der Waals surface area contributed by atoms with Crippen molar-refractivity contribution < 1.29 is 34.1 Å². The maximum absolute atomic E-state index is 11.0. The second kappa shape index (κ2) is 11.4. The molecule has 0 saturated carbocycles. The van der Waals surface area contributed by atoms with Crippen molar-refractivity contribution >= 4 is 17.8 Å². The topological polar surface area (TPSA) is 136 Å². The Bertz CT molecular complexity index is 289. The Kier molecular flexibility index (Phi) is 11.8. The Morgan fingerprint density at radius 1 is 1.26 bits per heavy atom. The van der Waals surface area contributed by atoms with Crippen molar-refractivity contribution in [3.05, 3.63) is 0 Å². The number of hydrogen-bond donors (Lipinski definition) is 3. The highest BCUT2D eigenvalue weighted by Crippen LogP contribution is 1.98. The van der Waals surface area contributed by atoms with Crippen LogP contribution >= 0.6 is 0 Å². The van der Waals surface area contributed by atoms with E-state index in [1.165, 1.54) is 13.8 Å². The molecule has 0 heterocycles. The molecule has 8 nitrogen and oxygen atoms in total. The molecule has 8 heteroatoms. The number of carbonyl (C=O) groups excluding carboxylic acids is 3. The van der Waals surface area contributed by atoms with Gasteiger partial charge in [-0.3, -0.25) is 9.59 Å². The van der Waals surface area contributed by atoms with Crippen molar-refractivity contribution in [1.82, 2.24) is 0 Å². The number of ether oxygens (including phenoxy) is 2. The average Bonchev–Trinajstić information content (AvgIpc) is 2.31. The molecule has 19 heavy (non-hydrogen) atoms. The van der Waals surface area contributed by atoms with Gasteiger partial charge in [-0.2, -0.15) is 0 Å². The minimum atomic E-state index is -1.18. The minimum Gasteiger partial charge on any atom is -0.460 e. The van der Waals surface area contributed by atoms with E-state index in [9.17, 15) is 14.4 Å². The third kappa shape index (κ3) is 14.3. The summed E-state index contributed by atoms with van der Waals surface area (Å²) in [7, 11) is 0. The number of aliphatic hydroxyl groups excluding tert-OH is 2. The van der Waals surface area contributed by atoms with E-state index in [0.717, 1.165) is 0 Å².